The van der Waals surface area contributed by atoms with E-state index in [0.717, 1.165) is 31.2 Å². The number of imidazole rings is 1. The third-order valence-electron chi connectivity index (χ3n) is 5.32. The van der Waals surface area contributed by atoms with Crippen LogP contribution >= 0.6 is 11.6 Å². The van der Waals surface area contributed by atoms with Gasteiger partial charge in [0, 0.05) is 23.0 Å². The first-order chi connectivity index (χ1) is 13.3. The molecule has 0 spiro atoms. The van der Waals surface area contributed by atoms with Crippen molar-refractivity contribution in [2.45, 2.75) is 51.7 Å². The van der Waals surface area contributed by atoms with E-state index in [-0.39, 0.29) is 22.3 Å². The van der Waals surface area contributed by atoms with E-state index in [2.05, 4.69) is 26.4 Å². The van der Waals surface area contributed by atoms with Gasteiger partial charge < -0.3 is 4.57 Å². The molecule has 8 heteroatoms. The molecule has 1 aliphatic carbocycles. The van der Waals surface area contributed by atoms with Crippen LogP contribution in [0.25, 0.3) is 22.4 Å². The number of hydrogen-bond donors (Lipinski definition) is 0. The number of benzene rings is 1. The number of aryl methyl sites for hydroxylation is 1. The lowest BCUT2D eigenvalue weighted by Crippen LogP contribution is -2.14. The summed E-state index contributed by atoms with van der Waals surface area (Å²) < 4.78 is 43.0. The van der Waals surface area contributed by atoms with Crippen molar-refractivity contribution < 1.29 is 13.2 Å². The van der Waals surface area contributed by atoms with Gasteiger partial charge >= 0.3 is 6.18 Å². The molecule has 28 heavy (non-hydrogen) atoms. The quantitative estimate of drug-likeness (QED) is 0.513. The van der Waals surface area contributed by atoms with Gasteiger partial charge in [-0.1, -0.05) is 31.5 Å². The molecule has 1 fully saturated rings. The van der Waals surface area contributed by atoms with Crippen LogP contribution in [0.1, 0.15) is 50.5 Å². The van der Waals surface area contributed by atoms with Gasteiger partial charge in [-0.25, -0.2) is 15.0 Å². The van der Waals surface area contributed by atoms with E-state index in [4.69, 9.17) is 11.6 Å². The van der Waals surface area contributed by atoms with Gasteiger partial charge in [-0.3, -0.25) is 0 Å². The number of aromatic nitrogens is 4. The highest BCUT2D eigenvalue weighted by atomic mass is 35.5. The summed E-state index contributed by atoms with van der Waals surface area (Å²) in [4.78, 5) is 13.3. The number of rotatable bonds is 5. The van der Waals surface area contributed by atoms with Crippen molar-refractivity contribution >= 4 is 22.8 Å². The number of nitrogens with zero attached hydrogens (tertiary/aromatic N) is 4. The Balaban J connectivity index is 1.97. The fraction of sp³-hybridized carbons (Fsp3) is 0.450. The fourth-order valence-corrected chi connectivity index (χ4v) is 4.09. The molecule has 1 unspecified atom stereocenters. The standard InChI is InChI=1S/C20H20ClF3N4/c1-3-15(11-5-6-11)28-16(4-2)27-18-17(25-10-26-19(18)28)13-8-7-12(21)9-14(13)20(22,23)24/h7-11,15H,3-6H2,1-2H3. The summed E-state index contributed by atoms with van der Waals surface area (Å²) in [6.45, 7) is 4.12. The second kappa shape index (κ2) is 7.03. The molecule has 0 bridgehead atoms. The maximum Gasteiger partial charge on any atom is 0.417 e. The Labute approximate surface area is 165 Å². The van der Waals surface area contributed by atoms with Crippen LogP contribution in [0.4, 0.5) is 13.2 Å². The SMILES string of the molecule is CCc1nc2c(-c3ccc(Cl)cc3C(F)(F)F)ncnc2n1C(CC)C1CC1. The summed E-state index contributed by atoms with van der Waals surface area (Å²) in [5.41, 5.74) is 0.348. The summed E-state index contributed by atoms with van der Waals surface area (Å²) in [5, 5.41) is 0.0286. The van der Waals surface area contributed by atoms with E-state index in [9.17, 15) is 13.2 Å². The predicted octanol–water partition coefficient (Wildman–Crippen LogP) is 6.09. The number of alkyl halides is 3. The summed E-state index contributed by atoms with van der Waals surface area (Å²) in [7, 11) is 0. The van der Waals surface area contributed by atoms with Crippen LogP contribution in [0.3, 0.4) is 0 Å². The lowest BCUT2D eigenvalue weighted by molar-refractivity contribution is -0.137. The van der Waals surface area contributed by atoms with E-state index >= 15 is 0 Å². The minimum absolute atomic E-state index is 0.0286. The van der Waals surface area contributed by atoms with E-state index in [1.807, 2.05) is 6.92 Å². The Bertz CT molecular complexity index is 1020. The molecule has 0 saturated heterocycles. The summed E-state index contributed by atoms with van der Waals surface area (Å²) in [6, 6.07) is 3.99. The van der Waals surface area contributed by atoms with Crippen molar-refractivity contribution in [3.05, 3.63) is 40.9 Å². The molecule has 4 nitrogen and oxygen atoms in total. The van der Waals surface area contributed by atoms with Gasteiger partial charge in [0.1, 0.15) is 23.4 Å². The van der Waals surface area contributed by atoms with Crippen molar-refractivity contribution in [1.82, 2.24) is 19.5 Å². The molecule has 1 atom stereocenters. The van der Waals surface area contributed by atoms with Gasteiger partial charge in [-0.2, -0.15) is 13.2 Å². The highest BCUT2D eigenvalue weighted by molar-refractivity contribution is 6.30. The molecule has 2 heterocycles. The zero-order chi connectivity index (χ0) is 20.1. The van der Waals surface area contributed by atoms with E-state index in [1.54, 1.807) is 0 Å². The van der Waals surface area contributed by atoms with Gasteiger partial charge in [-0.05, 0) is 37.3 Å². The summed E-state index contributed by atoms with van der Waals surface area (Å²) >= 11 is 5.83. The van der Waals surface area contributed by atoms with Gasteiger partial charge in [0.05, 0.1) is 5.56 Å². The van der Waals surface area contributed by atoms with E-state index in [0.29, 0.717) is 23.5 Å². The second-order valence-electron chi connectivity index (χ2n) is 7.15. The Morgan fingerprint density at radius 1 is 1.21 bits per heavy atom. The van der Waals surface area contributed by atoms with E-state index < -0.39 is 11.7 Å². The largest absolute Gasteiger partial charge is 0.417 e. The predicted molar refractivity (Wildman–Crippen MR) is 102 cm³/mol. The highest BCUT2D eigenvalue weighted by Crippen LogP contribution is 2.44. The molecule has 1 aliphatic rings. The molecule has 4 rings (SSSR count). The van der Waals surface area contributed by atoms with Crippen LogP contribution in [0.2, 0.25) is 5.02 Å². The number of halogens is 4. The molecule has 1 aromatic carbocycles. The van der Waals surface area contributed by atoms with Crippen molar-refractivity contribution in [3.63, 3.8) is 0 Å². The minimum atomic E-state index is -4.55. The maximum atomic E-state index is 13.6. The van der Waals surface area contributed by atoms with Gasteiger partial charge in [-0.15, -0.1) is 0 Å². The lowest BCUT2D eigenvalue weighted by Gasteiger charge is -2.19. The zero-order valence-corrected chi connectivity index (χ0v) is 16.3. The van der Waals surface area contributed by atoms with Crippen LogP contribution in [0.5, 0.6) is 0 Å². The van der Waals surface area contributed by atoms with Crippen molar-refractivity contribution in [2.24, 2.45) is 5.92 Å². The lowest BCUT2D eigenvalue weighted by atomic mass is 10.0. The summed E-state index contributed by atoms with van der Waals surface area (Å²) in [6.07, 6.45) is 0.698. The Morgan fingerprint density at radius 3 is 2.57 bits per heavy atom. The fourth-order valence-electron chi connectivity index (χ4n) is 3.91. The molecule has 2 aromatic heterocycles. The van der Waals surface area contributed by atoms with Crippen molar-refractivity contribution in [3.8, 4) is 11.3 Å². The third kappa shape index (κ3) is 3.26. The molecule has 0 aliphatic heterocycles. The molecular formula is C20H20ClF3N4. The average Bonchev–Trinajstić information content (AvgIpc) is 3.42. The first kappa shape index (κ1) is 19.2. The van der Waals surface area contributed by atoms with Crippen LogP contribution in [0, 0.1) is 5.92 Å². The topological polar surface area (TPSA) is 43.6 Å². The maximum absolute atomic E-state index is 13.6. The van der Waals surface area contributed by atoms with Crippen LogP contribution < -0.4 is 0 Å². The third-order valence-corrected chi connectivity index (χ3v) is 5.56. The molecule has 1 saturated carbocycles. The van der Waals surface area contributed by atoms with Crippen molar-refractivity contribution in [2.75, 3.05) is 0 Å². The number of fused-ring (bicyclic) bond motifs is 1. The first-order valence-electron chi connectivity index (χ1n) is 9.44. The monoisotopic (exact) mass is 408 g/mol. The Kier molecular flexibility index (Phi) is 4.81. The van der Waals surface area contributed by atoms with Crippen molar-refractivity contribution in [1.29, 1.82) is 0 Å². The number of hydrogen-bond acceptors (Lipinski definition) is 3. The molecule has 148 valence electrons. The molecule has 0 amide bonds. The second-order valence-corrected chi connectivity index (χ2v) is 7.58. The van der Waals surface area contributed by atoms with Gasteiger partial charge in [0.15, 0.2) is 5.65 Å². The Hall–Kier alpha value is -2.15. The smallest absolute Gasteiger partial charge is 0.309 e. The van der Waals surface area contributed by atoms with Crippen LogP contribution in [-0.4, -0.2) is 19.5 Å². The van der Waals surface area contributed by atoms with Gasteiger partial charge in [0.2, 0.25) is 0 Å². The Morgan fingerprint density at radius 2 is 1.96 bits per heavy atom. The normalized spacial score (nSPS) is 15.9. The van der Waals surface area contributed by atoms with Crippen LogP contribution in [0.15, 0.2) is 24.5 Å². The van der Waals surface area contributed by atoms with E-state index in [1.165, 1.54) is 18.5 Å². The minimum Gasteiger partial charge on any atom is -0.309 e. The van der Waals surface area contributed by atoms with Gasteiger partial charge in [0.25, 0.3) is 0 Å². The summed E-state index contributed by atoms with van der Waals surface area (Å²) in [5.74, 6) is 1.41. The van der Waals surface area contributed by atoms with Crippen LogP contribution in [-0.2, 0) is 12.6 Å². The molecule has 0 radical (unpaired) electrons. The first-order valence-corrected chi connectivity index (χ1v) is 9.81. The average molecular weight is 409 g/mol. The highest BCUT2D eigenvalue weighted by Gasteiger charge is 2.36. The molecule has 0 N–H and O–H groups in total. The zero-order valence-electron chi connectivity index (χ0n) is 15.6. The molecular weight excluding hydrogens is 389 g/mol. The molecule has 3 aromatic rings.